The van der Waals surface area contributed by atoms with E-state index in [-0.39, 0.29) is 12.4 Å². The SMILES string of the molecule is CCOC(=O)C(O)c1c(O)cc(OC)cc1F. The van der Waals surface area contributed by atoms with Gasteiger partial charge in [-0.15, -0.1) is 0 Å². The molecular weight excluding hydrogens is 231 g/mol. The Bertz CT molecular complexity index is 395. The van der Waals surface area contributed by atoms with Gasteiger partial charge in [0.25, 0.3) is 0 Å². The Morgan fingerprint density at radius 1 is 1.53 bits per heavy atom. The van der Waals surface area contributed by atoms with Crippen molar-refractivity contribution in [2.24, 2.45) is 0 Å². The summed E-state index contributed by atoms with van der Waals surface area (Å²) in [6.07, 6.45) is -1.86. The zero-order valence-electron chi connectivity index (χ0n) is 9.44. The lowest BCUT2D eigenvalue weighted by atomic mass is 10.1. The first kappa shape index (κ1) is 13.2. The normalized spacial score (nSPS) is 12.0. The summed E-state index contributed by atoms with van der Waals surface area (Å²) in [5.41, 5.74) is -0.524. The predicted octanol–water partition coefficient (Wildman–Crippen LogP) is 1.14. The fraction of sp³-hybridized carbons (Fsp3) is 0.364. The Morgan fingerprint density at radius 3 is 2.65 bits per heavy atom. The van der Waals surface area contributed by atoms with Crippen molar-refractivity contribution in [1.29, 1.82) is 0 Å². The van der Waals surface area contributed by atoms with Crippen LogP contribution in [0.25, 0.3) is 0 Å². The van der Waals surface area contributed by atoms with Gasteiger partial charge in [-0.3, -0.25) is 0 Å². The van der Waals surface area contributed by atoms with Gasteiger partial charge >= 0.3 is 5.97 Å². The number of carbonyl (C=O) groups excluding carboxylic acids is 1. The first-order chi connectivity index (χ1) is 8.01. The van der Waals surface area contributed by atoms with Crippen LogP contribution < -0.4 is 4.74 Å². The van der Waals surface area contributed by atoms with Crippen LogP contribution >= 0.6 is 0 Å². The highest BCUT2D eigenvalue weighted by molar-refractivity contribution is 5.77. The monoisotopic (exact) mass is 244 g/mol. The smallest absolute Gasteiger partial charge is 0.339 e. The topological polar surface area (TPSA) is 76.0 Å². The zero-order valence-corrected chi connectivity index (χ0v) is 9.44. The van der Waals surface area contributed by atoms with Crippen LogP contribution in [-0.2, 0) is 9.53 Å². The van der Waals surface area contributed by atoms with Crippen molar-refractivity contribution in [3.8, 4) is 11.5 Å². The molecule has 6 heteroatoms. The number of rotatable bonds is 4. The summed E-state index contributed by atoms with van der Waals surface area (Å²) >= 11 is 0. The number of ether oxygens (including phenoxy) is 2. The molecule has 0 aromatic heterocycles. The Kier molecular flexibility index (Phi) is 4.28. The molecule has 0 heterocycles. The summed E-state index contributed by atoms with van der Waals surface area (Å²) in [6.45, 7) is 1.60. The molecule has 94 valence electrons. The first-order valence-electron chi connectivity index (χ1n) is 4.92. The van der Waals surface area contributed by atoms with Crippen molar-refractivity contribution in [3.05, 3.63) is 23.5 Å². The number of aromatic hydroxyl groups is 1. The molecule has 1 rings (SSSR count). The molecule has 0 aliphatic rings. The van der Waals surface area contributed by atoms with Crippen LogP contribution in [0.3, 0.4) is 0 Å². The van der Waals surface area contributed by atoms with Gasteiger partial charge in [-0.2, -0.15) is 0 Å². The number of methoxy groups -OCH3 is 1. The number of phenols is 1. The van der Waals surface area contributed by atoms with E-state index in [1.807, 2.05) is 0 Å². The van der Waals surface area contributed by atoms with Crippen molar-refractivity contribution >= 4 is 5.97 Å². The Labute approximate surface area is 97.4 Å². The minimum absolute atomic E-state index is 0.0500. The molecule has 1 atom stereocenters. The number of hydrogen-bond donors (Lipinski definition) is 2. The molecular formula is C11H13FO5. The van der Waals surface area contributed by atoms with Gasteiger partial charge in [0.15, 0.2) is 6.10 Å². The second-order valence-electron chi connectivity index (χ2n) is 3.20. The highest BCUT2D eigenvalue weighted by atomic mass is 19.1. The van der Waals surface area contributed by atoms with Crippen LogP contribution in [0.15, 0.2) is 12.1 Å². The van der Waals surface area contributed by atoms with E-state index < -0.39 is 29.2 Å². The molecule has 0 aliphatic carbocycles. The van der Waals surface area contributed by atoms with Gasteiger partial charge in [0.1, 0.15) is 17.3 Å². The summed E-state index contributed by atoms with van der Waals surface area (Å²) in [6, 6.07) is 2.05. The number of hydrogen-bond acceptors (Lipinski definition) is 5. The second-order valence-corrected chi connectivity index (χ2v) is 3.20. The lowest BCUT2D eigenvalue weighted by Gasteiger charge is -2.13. The van der Waals surface area contributed by atoms with Crippen molar-refractivity contribution in [2.75, 3.05) is 13.7 Å². The summed E-state index contributed by atoms with van der Waals surface area (Å²) in [4.78, 5) is 11.2. The number of phenolic OH excluding ortho intramolecular Hbond substituents is 1. The van der Waals surface area contributed by atoms with Gasteiger partial charge in [0.05, 0.1) is 19.3 Å². The van der Waals surface area contributed by atoms with Gasteiger partial charge < -0.3 is 19.7 Å². The molecule has 0 aliphatic heterocycles. The van der Waals surface area contributed by atoms with Crippen LogP contribution in [0.2, 0.25) is 0 Å². The molecule has 0 radical (unpaired) electrons. The van der Waals surface area contributed by atoms with Gasteiger partial charge in [-0.1, -0.05) is 0 Å². The maximum atomic E-state index is 13.5. The third-order valence-electron chi connectivity index (χ3n) is 2.10. The minimum Gasteiger partial charge on any atom is -0.507 e. The Hall–Kier alpha value is -1.82. The molecule has 0 saturated heterocycles. The first-order valence-corrected chi connectivity index (χ1v) is 4.92. The minimum atomic E-state index is -1.86. The zero-order chi connectivity index (χ0) is 13.0. The van der Waals surface area contributed by atoms with E-state index in [4.69, 9.17) is 4.74 Å². The molecule has 0 spiro atoms. The number of aliphatic hydroxyl groups is 1. The summed E-state index contributed by atoms with van der Waals surface area (Å²) in [5, 5.41) is 19.0. The maximum Gasteiger partial charge on any atom is 0.339 e. The van der Waals surface area contributed by atoms with Crippen LogP contribution in [0.4, 0.5) is 4.39 Å². The lowest BCUT2D eigenvalue weighted by Crippen LogP contribution is -2.16. The number of carbonyl (C=O) groups is 1. The Balaban J connectivity index is 3.09. The molecule has 0 amide bonds. The van der Waals surface area contributed by atoms with E-state index >= 15 is 0 Å². The largest absolute Gasteiger partial charge is 0.507 e. The molecule has 2 N–H and O–H groups in total. The summed E-state index contributed by atoms with van der Waals surface area (Å²) < 4.78 is 22.8. The van der Waals surface area contributed by atoms with Crippen molar-refractivity contribution in [1.82, 2.24) is 0 Å². The standard InChI is InChI=1S/C11H13FO5/c1-3-17-11(15)10(14)9-7(12)4-6(16-2)5-8(9)13/h4-5,10,13-14H,3H2,1-2H3. The average Bonchev–Trinajstić information content (AvgIpc) is 2.28. The summed E-state index contributed by atoms with van der Waals surface area (Å²) in [7, 11) is 1.30. The number of aliphatic hydroxyl groups excluding tert-OH is 1. The fourth-order valence-corrected chi connectivity index (χ4v) is 1.31. The highest BCUT2D eigenvalue weighted by Gasteiger charge is 2.26. The van der Waals surface area contributed by atoms with Crippen molar-refractivity contribution in [2.45, 2.75) is 13.0 Å². The van der Waals surface area contributed by atoms with Crippen molar-refractivity contribution in [3.63, 3.8) is 0 Å². The quantitative estimate of drug-likeness (QED) is 0.777. The molecule has 1 unspecified atom stereocenters. The van der Waals surface area contributed by atoms with Gasteiger partial charge in [-0.05, 0) is 6.92 Å². The van der Waals surface area contributed by atoms with Gasteiger partial charge in [-0.25, -0.2) is 9.18 Å². The van der Waals surface area contributed by atoms with Crippen LogP contribution in [0, 0.1) is 5.82 Å². The van der Waals surface area contributed by atoms with Crippen LogP contribution in [-0.4, -0.2) is 29.9 Å². The molecule has 0 fully saturated rings. The van der Waals surface area contributed by atoms with Gasteiger partial charge in [0.2, 0.25) is 0 Å². The maximum absolute atomic E-state index is 13.5. The van der Waals surface area contributed by atoms with E-state index in [0.717, 1.165) is 12.1 Å². The predicted molar refractivity (Wildman–Crippen MR) is 56.2 cm³/mol. The highest BCUT2D eigenvalue weighted by Crippen LogP contribution is 2.32. The number of esters is 1. The van der Waals surface area contributed by atoms with E-state index in [9.17, 15) is 19.4 Å². The van der Waals surface area contributed by atoms with Crippen molar-refractivity contribution < 1.29 is 28.9 Å². The lowest BCUT2D eigenvalue weighted by molar-refractivity contribution is -0.153. The molecule has 0 saturated carbocycles. The third kappa shape index (κ3) is 2.85. The third-order valence-corrected chi connectivity index (χ3v) is 2.10. The second kappa shape index (κ2) is 5.49. The molecule has 1 aromatic carbocycles. The molecule has 0 bridgehead atoms. The fourth-order valence-electron chi connectivity index (χ4n) is 1.31. The number of halogens is 1. The van der Waals surface area contributed by atoms with E-state index in [1.165, 1.54) is 7.11 Å². The van der Waals surface area contributed by atoms with Crippen LogP contribution in [0.5, 0.6) is 11.5 Å². The molecule has 1 aromatic rings. The molecule has 17 heavy (non-hydrogen) atoms. The number of benzene rings is 1. The van der Waals surface area contributed by atoms with E-state index in [1.54, 1.807) is 6.92 Å². The van der Waals surface area contributed by atoms with E-state index in [2.05, 4.69) is 4.74 Å². The van der Waals surface area contributed by atoms with Crippen LogP contribution in [0.1, 0.15) is 18.6 Å². The Morgan fingerprint density at radius 2 is 2.18 bits per heavy atom. The average molecular weight is 244 g/mol. The summed E-state index contributed by atoms with van der Waals surface area (Å²) in [5.74, 6) is -2.45. The van der Waals surface area contributed by atoms with Gasteiger partial charge in [0, 0.05) is 12.1 Å². The molecule has 5 nitrogen and oxygen atoms in total. The van der Waals surface area contributed by atoms with E-state index in [0.29, 0.717) is 0 Å².